The summed E-state index contributed by atoms with van der Waals surface area (Å²) in [5, 5.41) is 10.4. The summed E-state index contributed by atoms with van der Waals surface area (Å²) in [6.07, 6.45) is 1.71. The van der Waals surface area contributed by atoms with Gasteiger partial charge in [0.25, 0.3) is 0 Å². The maximum absolute atomic E-state index is 12.8. The van der Waals surface area contributed by atoms with Crippen LogP contribution in [0.4, 0.5) is 0 Å². The molecule has 0 radical (unpaired) electrons. The van der Waals surface area contributed by atoms with Gasteiger partial charge in [-0.1, -0.05) is 47.7 Å². The van der Waals surface area contributed by atoms with Crippen molar-refractivity contribution >= 4 is 28.9 Å². The van der Waals surface area contributed by atoms with E-state index >= 15 is 0 Å². The van der Waals surface area contributed by atoms with Crippen LogP contribution in [0.3, 0.4) is 0 Å². The zero-order chi connectivity index (χ0) is 16.1. The Balaban J connectivity index is 1.90. The molecule has 6 heteroatoms. The molecule has 2 heterocycles. The normalized spacial score (nSPS) is 10.6. The van der Waals surface area contributed by atoms with E-state index in [0.717, 1.165) is 0 Å². The lowest BCUT2D eigenvalue weighted by atomic mass is 10.1. The number of hydrogen-bond donors (Lipinski definition) is 0. The van der Waals surface area contributed by atoms with E-state index in [4.69, 9.17) is 0 Å². The largest absolute Gasteiger partial charge is 0.287 e. The number of carbonyl (C=O) groups is 1. The predicted molar refractivity (Wildman–Crippen MR) is 94.0 cm³/mol. The first kappa shape index (κ1) is 15.7. The zero-order valence-electron chi connectivity index (χ0n) is 12.4. The lowest BCUT2D eigenvalue weighted by Gasteiger charge is -2.05. The topological polar surface area (TPSA) is 47.8 Å². The van der Waals surface area contributed by atoms with Crippen LogP contribution in [0.2, 0.25) is 0 Å². The van der Waals surface area contributed by atoms with Crippen LogP contribution in [0.1, 0.15) is 21.7 Å². The SMILES string of the molecule is C=CCn1nnc(CSc2cccs2)c1C(=O)c1ccccc1. The number of hydrogen-bond acceptors (Lipinski definition) is 5. The van der Waals surface area contributed by atoms with Crippen LogP contribution in [0, 0.1) is 0 Å². The average Bonchev–Trinajstić information content (AvgIpc) is 3.23. The van der Waals surface area contributed by atoms with E-state index in [2.05, 4.69) is 23.0 Å². The Bertz CT molecular complexity index is 795. The molecule has 23 heavy (non-hydrogen) atoms. The van der Waals surface area contributed by atoms with Crippen molar-refractivity contribution in [2.45, 2.75) is 16.5 Å². The van der Waals surface area contributed by atoms with Crippen LogP contribution in [0.5, 0.6) is 0 Å². The number of thiophene rings is 1. The molecule has 0 aliphatic carbocycles. The number of allylic oxidation sites excluding steroid dienone is 1. The fourth-order valence-corrected chi connectivity index (χ4v) is 3.87. The molecule has 1 aromatic carbocycles. The number of carbonyl (C=O) groups excluding carboxylic acids is 1. The van der Waals surface area contributed by atoms with Crippen molar-refractivity contribution in [1.29, 1.82) is 0 Å². The molecule has 0 aliphatic rings. The van der Waals surface area contributed by atoms with Crippen LogP contribution >= 0.6 is 23.1 Å². The first-order chi connectivity index (χ1) is 11.3. The summed E-state index contributed by atoms with van der Waals surface area (Å²) in [4.78, 5) is 12.8. The van der Waals surface area contributed by atoms with Crippen molar-refractivity contribution in [2.75, 3.05) is 0 Å². The summed E-state index contributed by atoms with van der Waals surface area (Å²) in [5.41, 5.74) is 1.89. The van der Waals surface area contributed by atoms with Crippen molar-refractivity contribution in [3.8, 4) is 0 Å². The van der Waals surface area contributed by atoms with Crippen molar-refractivity contribution in [3.63, 3.8) is 0 Å². The monoisotopic (exact) mass is 341 g/mol. The van der Waals surface area contributed by atoms with Gasteiger partial charge in [0.1, 0.15) is 11.4 Å². The molecule has 116 valence electrons. The minimum Gasteiger partial charge on any atom is -0.287 e. The highest BCUT2D eigenvalue weighted by Crippen LogP contribution is 2.28. The van der Waals surface area contributed by atoms with Crippen LogP contribution in [-0.2, 0) is 12.3 Å². The fourth-order valence-electron chi connectivity index (χ4n) is 2.16. The highest BCUT2D eigenvalue weighted by atomic mass is 32.2. The molecular weight excluding hydrogens is 326 g/mol. The number of nitrogens with zero attached hydrogens (tertiary/aromatic N) is 3. The van der Waals surface area contributed by atoms with E-state index in [1.165, 1.54) is 4.21 Å². The van der Waals surface area contributed by atoms with Gasteiger partial charge >= 0.3 is 0 Å². The molecule has 0 fully saturated rings. The molecule has 2 aromatic heterocycles. The van der Waals surface area contributed by atoms with E-state index in [9.17, 15) is 4.79 Å². The molecule has 0 saturated heterocycles. The van der Waals surface area contributed by atoms with Crippen molar-refractivity contribution in [1.82, 2.24) is 15.0 Å². The van der Waals surface area contributed by atoms with Gasteiger partial charge in [0.05, 0.1) is 10.8 Å². The van der Waals surface area contributed by atoms with Gasteiger partial charge in [-0.15, -0.1) is 34.8 Å². The Morgan fingerprint density at radius 3 is 2.78 bits per heavy atom. The number of thioether (sulfide) groups is 1. The van der Waals surface area contributed by atoms with E-state index < -0.39 is 0 Å². The Hall–Kier alpha value is -2.18. The van der Waals surface area contributed by atoms with Gasteiger partial charge in [0.2, 0.25) is 5.78 Å². The van der Waals surface area contributed by atoms with Gasteiger partial charge < -0.3 is 0 Å². The van der Waals surface area contributed by atoms with Crippen LogP contribution in [0.15, 0.2) is 64.7 Å². The van der Waals surface area contributed by atoms with E-state index in [1.54, 1.807) is 33.9 Å². The number of ketones is 1. The Kier molecular flexibility index (Phi) is 5.05. The molecule has 3 rings (SSSR count). The highest BCUT2D eigenvalue weighted by molar-refractivity contribution is 8.00. The molecule has 0 N–H and O–H groups in total. The van der Waals surface area contributed by atoms with Gasteiger partial charge in [0, 0.05) is 11.3 Å². The second-order valence-corrected chi connectivity index (χ2v) is 6.99. The Labute approximate surface area is 142 Å². The zero-order valence-corrected chi connectivity index (χ0v) is 14.0. The predicted octanol–water partition coefficient (Wildman–Crippen LogP) is 4.05. The van der Waals surface area contributed by atoms with Gasteiger partial charge in [-0.2, -0.15) is 0 Å². The Morgan fingerprint density at radius 2 is 2.09 bits per heavy atom. The van der Waals surface area contributed by atoms with Crippen molar-refractivity contribution in [2.24, 2.45) is 0 Å². The molecule has 0 aliphatic heterocycles. The van der Waals surface area contributed by atoms with Gasteiger partial charge in [-0.3, -0.25) is 4.79 Å². The molecule has 0 spiro atoms. The summed E-state index contributed by atoms with van der Waals surface area (Å²) in [6, 6.07) is 13.3. The van der Waals surface area contributed by atoms with E-state index in [-0.39, 0.29) is 5.78 Å². The van der Waals surface area contributed by atoms with Crippen LogP contribution in [-0.4, -0.2) is 20.8 Å². The molecule has 0 bridgehead atoms. The van der Waals surface area contributed by atoms with Gasteiger partial charge in [0.15, 0.2) is 0 Å². The third-order valence-corrected chi connectivity index (χ3v) is 5.35. The maximum Gasteiger partial charge on any atom is 0.213 e. The fraction of sp³-hybridized carbons (Fsp3) is 0.118. The molecule has 0 atom stereocenters. The van der Waals surface area contributed by atoms with E-state index in [0.29, 0.717) is 29.2 Å². The third-order valence-electron chi connectivity index (χ3n) is 3.20. The second kappa shape index (κ2) is 7.39. The minimum atomic E-state index is -0.0563. The smallest absolute Gasteiger partial charge is 0.213 e. The lowest BCUT2D eigenvalue weighted by molar-refractivity contribution is 0.102. The van der Waals surface area contributed by atoms with Gasteiger partial charge in [-0.05, 0) is 11.4 Å². The lowest BCUT2D eigenvalue weighted by Crippen LogP contribution is -2.12. The maximum atomic E-state index is 12.8. The first-order valence-corrected chi connectivity index (χ1v) is 8.95. The number of benzene rings is 1. The summed E-state index contributed by atoms with van der Waals surface area (Å²) < 4.78 is 2.81. The summed E-state index contributed by atoms with van der Waals surface area (Å²) in [5.74, 6) is 0.560. The molecule has 0 amide bonds. The Morgan fingerprint density at radius 1 is 1.26 bits per heavy atom. The molecular formula is C17H15N3OS2. The number of rotatable bonds is 7. The van der Waals surface area contributed by atoms with Crippen molar-refractivity contribution < 1.29 is 4.79 Å². The first-order valence-electron chi connectivity index (χ1n) is 7.09. The standard InChI is InChI=1S/C17H15N3OS2/c1-2-10-20-16(17(21)13-7-4-3-5-8-13)14(18-19-20)12-23-15-9-6-11-22-15/h2-9,11H,1,10,12H2. The van der Waals surface area contributed by atoms with E-state index in [1.807, 2.05) is 41.8 Å². The average molecular weight is 341 g/mol. The van der Waals surface area contributed by atoms with Gasteiger partial charge in [-0.25, -0.2) is 4.68 Å². The quantitative estimate of drug-likeness (QED) is 0.369. The second-order valence-electron chi connectivity index (χ2n) is 4.77. The third kappa shape index (κ3) is 3.60. The molecule has 0 unspecified atom stereocenters. The van der Waals surface area contributed by atoms with Crippen LogP contribution < -0.4 is 0 Å². The summed E-state index contributed by atoms with van der Waals surface area (Å²) >= 11 is 3.34. The molecule has 4 nitrogen and oxygen atoms in total. The number of aromatic nitrogens is 3. The molecule has 0 saturated carbocycles. The summed E-state index contributed by atoms with van der Waals surface area (Å²) in [6.45, 7) is 4.18. The summed E-state index contributed by atoms with van der Waals surface area (Å²) in [7, 11) is 0. The highest BCUT2D eigenvalue weighted by Gasteiger charge is 2.21. The van der Waals surface area contributed by atoms with Crippen molar-refractivity contribution in [3.05, 3.63) is 77.5 Å². The van der Waals surface area contributed by atoms with Crippen LogP contribution in [0.25, 0.3) is 0 Å². The molecule has 3 aromatic rings. The minimum absolute atomic E-state index is 0.0563.